The SMILES string of the molecule is COc1ccc(C=CC(=O)N(CCN(C)C)c2nc3cc(C)cc(C)c3s2)cc1OC. The van der Waals surface area contributed by atoms with Crippen LogP contribution in [0.5, 0.6) is 11.5 Å². The number of hydrogen-bond donors (Lipinski definition) is 0. The molecule has 0 saturated heterocycles. The van der Waals surface area contributed by atoms with Crippen molar-refractivity contribution in [3.8, 4) is 11.5 Å². The Morgan fingerprint density at radius 3 is 2.48 bits per heavy atom. The lowest BCUT2D eigenvalue weighted by molar-refractivity contribution is -0.114. The second-order valence-electron chi connectivity index (χ2n) is 7.67. The number of methoxy groups -OCH3 is 2. The summed E-state index contributed by atoms with van der Waals surface area (Å²) in [7, 11) is 7.18. The van der Waals surface area contributed by atoms with Gasteiger partial charge in [0.25, 0.3) is 5.91 Å². The van der Waals surface area contributed by atoms with Crippen LogP contribution in [-0.2, 0) is 4.79 Å². The lowest BCUT2D eigenvalue weighted by Gasteiger charge is -2.20. The molecular formula is C24H29N3O3S. The van der Waals surface area contributed by atoms with E-state index in [0.29, 0.717) is 23.2 Å². The van der Waals surface area contributed by atoms with Gasteiger partial charge in [-0.25, -0.2) is 4.98 Å². The van der Waals surface area contributed by atoms with Crippen molar-refractivity contribution < 1.29 is 14.3 Å². The van der Waals surface area contributed by atoms with Crippen LogP contribution in [0, 0.1) is 13.8 Å². The van der Waals surface area contributed by atoms with E-state index in [1.54, 1.807) is 42.6 Å². The van der Waals surface area contributed by atoms with Gasteiger partial charge in [0.05, 0.1) is 24.4 Å². The fourth-order valence-corrected chi connectivity index (χ4v) is 4.34. The number of aromatic nitrogens is 1. The van der Waals surface area contributed by atoms with Crippen molar-refractivity contribution in [1.82, 2.24) is 9.88 Å². The van der Waals surface area contributed by atoms with E-state index in [-0.39, 0.29) is 5.91 Å². The number of nitrogens with zero attached hydrogens (tertiary/aromatic N) is 3. The lowest BCUT2D eigenvalue weighted by Crippen LogP contribution is -2.35. The molecule has 0 aliphatic carbocycles. The Morgan fingerprint density at radius 1 is 1.06 bits per heavy atom. The van der Waals surface area contributed by atoms with Crippen molar-refractivity contribution in [2.75, 3.05) is 46.3 Å². The zero-order chi connectivity index (χ0) is 22.5. The molecule has 1 aromatic heterocycles. The molecule has 0 saturated carbocycles. The number of anilines is 1. The smallest absolute Gasteiger partial charge is 0.252 e. The van der Waals surface area contributed by atoms with Gasteiger partial charge in [0.2, 0.25) is 0 Å². The normalized spacial score (nSPS) is 11.5. The first kappa shape index (κ1) is 22.8. The van der Waals surface area contributed by atoms with Crippen LogP contribution in [-0.4, -0.2) is 57.2 Å². The maximum absolute atomic E-state index is 13.2. The van der Waals surface area contributed by atoms with Crippen LogP contribution in [0.1, 0.15) is 16.7 Å². The summed E-state index contributed by atoms with van der Waals surface area (Å²) in [5.74, 6) is 1.17. The van der Waals surface area contributed by atoms with Crippen molar-refractivity contribution in [3.63, 3.8) is 0 Å². The molecule has 2 aromatic carbocycles. The Morgan fingerprint density at radius 2 is 1.81 bits per heavy atom. The van der Waals surface area contributed by atoms with Crippen LogP contribution in [0.3, 0.4) is 0 Å². The van der Waals surface area contributed by atoms with E-state index >= 15 is 0 Å². The molecular weight excluding hydrogens is 410 g/mol. The zero-order valence-corrected chi connectivity index (χ0v) is 19.7. The molecule has 0 radical (unpaired) electrons. The average molecular weight is 440 g/mol. The molecule has 6 nitrogen and oxygen atoms in total. The number of rotatable bonds is 8. The predicted octanol–water partition coefficient (Wildman–Crippen LogP) is 4.54. The molecule has 7 heteroatoms. The zero-order valence-electron chi connectivity index (χ0n) is 18.9. The molecule has 0 atom stereocenters. The van der Waals surface area contributed by atoms with Gasteiger partial charge in [-0.2, -0.15) is 0 Å². The van der Waals surface area contributed by atoms with Crippen LogP contribution < -0.4 is 14.4 Å². The number of benzene rings is 2. The number of thiazole rings is 1. The predicted molar refractivity (Wildman–Crippen MR) is 129 cm³/mol. The second kappa shape index (κ2) is 9.94. The highest BCUT2D eigenvalue weighted by atomic mass is 32.1. The summed E-state index contributed by atoms with van der Waals surface area (Å²) < 4.78 is 11.7. The molecule has 0 spiro atoms. The Bertz CT molecular complexity index is 1100. The molecule has 1 amide bonds. The Balaban J connectivity index is 1.90. The Hall–Kier alpha value is -2.90. The van der Waals surface area contributed by atoms with Crippen molar-refractivity contribution in [3.05, 3.63) is 53.1 Å². The summed E-state index contributed by atoms with van der Waals surface area (Å²) in [5.41, 5.74) is 4.14. The van der Waals surface area contributed by atoms with Gasteiger partial charge in [0.1, 0.15) is 0 Å². The van der Waals surface area contributed by atoms with Crippen LogP contribution in [0.25, 0.3) is 16.3 Å². The fraction of sp³-hybridized carbons (Fsp3) is 0.333. The van der Waals surface area contributed by atoms with Crippen molar-refractivity contribution in [2.24, 2.45) is 0 Å². The molecule has 164 valence electrons. The van der Waals surface area contributed by atoms with E-state index < -0.39 is 0 Å². The maximum Gasteiger partial charge on any atom is 0.252 e. The minimum atomic E-state index is -0.106. The Kier molecular flexibility index (Phi) is 7.30. The van der Waals surface area contributed by atoms with Crippen molar-refractivity contribution in [2.45, 2.75) is 13.8 Å². The van der Waals surface area contributed by atoms with Gasteiger partial charge in [0.15, 0.2) is 16.6 Å². The van der Waals surface area contributed by atoms with Crippen LogP contribution in [0.2, 0.25) is 0 Å². The van der Waals surface area contributed by atoms with Gasteiger partial charge in [-0.1, -0.05) is 23.5 Å². The fourth-order valence-electron chi connectivity index (χ4n) is 3.29. The molecule has 0 bridgehead atoms. The van der Waals surface area contributed by atoms with Gasteiger partial charge in [-0.3, -0.25) is 9.69 Å². The minimum Gasteiger partial charge on any atom is -0.493 e. The minimum absolute atomic E-state index is 0.106. The quantitative estimate of drug-likeness (QED) is 0.483. The molecule has 0 aliphatic rings. The number of likely N-dealkylation sites (N-methyl/N-ethyl adjacent to an activating group) is 1. The number of carbonyl (C=O) groups is 1. The third kappa shape index (κ3) is 5.42. The number of ether oxygens (including phenoxy) is 2. The summed E-state index contributed by atoms with van der Waals surface area (Å²) >= 11 is 1.56. The summed E-state index contributed by atoms with van der Waals surface area (Å²) in [4.78, 5) is 21.7. The summed E-state index contributed by atoms with van der Waals surface area (Å²) in [6, 6.07) is 9.77. The highest BCUT2D eigenvalue weighted by molar-refractivity contribution is 7.22. The molecule has 31 heavy (non-hydrogen) atoms. The largest absolute Gasteiger partial charge is 0.493 e. The third-order valence-corrected chi connectivity index (χ3v) is 6.13. The van der Waals surface area contributed by atoms with Crippen molar-refractivity contribution >= 4 is 38.7 Å². The first-order valence-corrected chi connectivity index (χ1v) is 10.9. The van der Waals surface area contributed by atoms with Crippen LogP contribution in [0.4, 0.5) is 5.13 Å². The van der Waals surface area contributed by atoms with Crippen molar-refractivity contribution in [1.29, 1.82) is 0 Å². The van der Waals surface area contributed by atoms with E-state index in [2.05, 4.69) is 30.9 Å². The molecule has 3 rings (SSSR count). The van der Waals surface area contributed by atoms with Gasteiger partial charge in [-0.15, -0.1) is 0 Å². The number of aryl methyl sites for hydroxylation is 2. The van der Waals surface area contributed by atoms with E-state index in [9.17, 15) is 4.79 Å². The summed E-state index contributed by atoms with van der Waals surface area (Å²) in [6.45, 7) is 5.44. The van der Waals surface area contributed by atoms with E-state index in [4.69, 9.17) is 14.5 Å². The molecule has 0 N–H and O–H groups in total. The van der Waals surface area contributed by atoms with Gasteiger partial charge in [0, 0.05) is 19.2 Å². The number of fused-ring (bicyclic) bond motifs is 1. The van der Waals surface area contributed by atoms with Gasteiger partial charge < -0.3 is 14.4 Å². The topological polar surface area (TPSA) is 54.9 Å². The molecule has 0 unspecified atom stereocenters. The standard InChI is InChI=1S/C24H29N3O3S/c1-16-13-17(2)23-19(14-16)25-24(31-23)27(12-11-26(3)4)22(28)10-8-18-7-9-20(29-5)21(15-18)30-6/h7-10,13-15H,11-12H2,1-6H3. The molecule has 3 aromatic rings. The first-order chi connectivity index (χ1) is 14.8. The van der Waals surface area contributed by atoms with Crippen LogP contribution in [0.15, 0.2) is 36.4 Å². The lowest BCUT2D eigenvalue weighted by atomic mass is 10.1. The van der Waals surface area contributed by atoms with E-state index in [1.807, 2.05) is 32.3 Å². The number of amides is 1. The Labute approximate surface area is 187 Å². The van der Waals surface area contributed by atoms with Gasteiger partial charge >= 0.3 is 0 Å². The summed E-state index contributed by atoms with van der Waals surface area (Å²) in [5, 5.41) is 0.715. The number of carbonyl (C=O) groups excluding carboxylic acids is 1. The monoisotopic (exact) mass is 439 g/mol. The van der Waals surface area contributed by atoms with E-state index in [0.717, 1.165) is 22.3 Å². The maximum atomic E-state index is 13.2. The summed E-state index contributed by atoms with van der Waals surface area (Å²) in [6.07, 6.45) is 3.37. The molecule has 0 fully saturated rings. The first-order valence-electron chi connectivity index (χ1n) is 10.1. The number of hydrogen-bond acceptors (Lipinski definition) is 6. The highest BCUT2D eigenvalue weighted by Crippen LogP contribution is 2.32. The van der Waals surface area contributed by atoms with Gasteiger partial charge in [-0.05, 0) is 68.9 Å². The molecule has 1 heterocycles. The molecule has 0 aliphatic heterocycles. The highest BCUT2D eigenvalue weighted by Gasteiger charge is 2.19. The second-order valence-corrected chi connectivity index (χ2v) is 8.64. The third-order valence-electron chi connectivity index (χ3n) is 4.90. The average Bonchev–Trinajstić information content (AvgIpc) is 3.15. The van der Waals surface area contributed by atoms with Crippen LogP contribution >= 0.6 is 11.3 Å². The van der Waals surface area contributed by atoms with E-state index in [1.165, 1.54) is 11.1 Å².